The Morgan fingerprint density at radius 2 is 2.06 bits per heavy atom. The predicted octanol–water partition coefficient (Wildman–Crippen LogP) is 2.24. The van der Waals surface area contributed by atoms with Crippen LogP contribution in [0.3, 0.4) is 0 Å². The number of aliphatic carboxylic acids is 1. The summed E-state index contributed by atoms with van der Waals surface area (Å²) in [6.07, 6.45) is 6.45. The Morgan fingerprint density at radius 1 is 1.44 bits per heavy atom. The quantitative estimate of drug-likeness (QED) is 0.412. The maximum absolute atomic E-state index is 11.4. The SMILES string of the molecule is CCCC/C=C/[C@H](C(=O)OC)[C@@H](C)C(=O)O. The number of esters is 1. The van der Waals surface area contributed by atoms with Gasteiger partial charge in [0.1, 0.15) is 0 Å². The van der Waals surface area contributed by atoms with Crippen molar-refractivity contribution < 1.29 is 19.4 Å². The third kappa shape index (κ3) is 4.96. The first-order chi connectivity index (χ1) is 7.54. The van der Waals surface area contributed by atoms with Gasteiger partial charge in [0.25, 0.3) is 0 Å². The van der Waals surface area contributed by atoms with E-state index >= 15 is 0 Å². The molecular formula is C12H20O4. The summed E-state index contributed by atoms with van der Waals surface area (Å²) < 4.78 is 4.59. The highest BCUT2D eigenvalue weighted by molar-refractivity contribution is 5.82. The van der Waals surface area contributed by atoms with Gasteiger partial charge in [-0.05, 0) is 6.42 Å². The van der Waals surface area contributed by atoms with Gasteiger partial charge in [-0.3, -0.25) is 9.59 Å². The molecule has 0 saturated heterocycles. The van der Waals surface area contributed by atoms with E-state index in [0.717, 1.165) is 19.3 Å². The number of hydrogen-bond donors (Lipinski definition) is 1. The first-order valence-corrected chi connectivity index (χ1v) is 5.51. The van der Waals surface area contributed by atoms with Gasteiger partial charge in [-0.2, -0.15) is 0 Å². The Bertz CT molecular complexity index is 258. The van der Waals surface area contributed by atoms with E-state index in [1.807, 2.05) is 6.08 Å². The van der Waals surface area contributed by atoms with Crippen LogP contribution in [-0.4, -0.2) is 24.2 Å². The van der Waals surface area contributed by atoms with E-state index in [9.17, 15) is 9.59 Å². The highest BCUT2D eigenvalue weighted by Crippen LogP contribution is 2.16. The van der Waals surface area contributed by atoms with E-state index < -0.39 is 23.8 Å². The van der Waals surface area contributed by atoms with E-state index in [1.165, 1.54) is 14.0 Å². The molecule has 0 spiro atoms. The van der Waals surface area contributed by atoms with Crippen molar-refractivity contribution >= 4 is 11.9 Å². The fourth-order valence-electron chi connectivity index (χ4n) is 1.30. The van der Waals surface area contributed by atoms with Crippen molar-refractivity contribution in [1.82, 2.24) is 0 Å². The third-order valence-corrected chi connectivity index (χ3v) is 2.47. The van der Waals surface area contributed by atoms with Crippen molar-refractivity contribution in [1.29, 1.82) is 0 Å². The number of methoxy groups -OCH3 is 1. The van der Waals surface area contributed by atoms with Gasteiger partial charge in [-0.25, -0.2) is 0 Å². The van der Waals surface area contributed by atoms with Crippen molar-refractivity contribution in [3.05, 3.63) is 12.2 Å². The molecular weight excluding hydrogens is 208 g/mol. The molecule has 0 saturated carbocycles. The van der Waals surface area contributed by atoms with E-state index in [1.54, 1.807) is 6.08 Å². The molecule has 92 valence electrons. The molecule has 0 aliphatic carbocycles. The molecule has 2 atom stereocenters. The summed E-state index contributed by atoms with van der Waals surface area (Å²) in [6, 6.07) is 0. The number of rotatable bonds is 7. The molecule has 16 heavy (non-hydrogen) atoms. The Balaban J connectivity index is 4.49. The number of hydrogen-bond acceptors (Lipinski definition) is 3. The lowest BCUT2D eigenvalue weighted by atomic mass is 9.93. The molecule has 4 nitrogen and oxygen atoms in total. The van der Waals surface area contributed by atoms with Gasteiger partial charge in [0.2, 0.25) is 0 Å². The maximum atomic E-state index is 11.4. The van der Waals surface area contributed by atoms with Crippen molar-refractivity contribution in [2.45, 2.75) is 33.1 Å². The summed E-state index contributed by atoms with van der Waals surface area (Å²) in [5.74, 6) is -2.94. The fraction of sp³-hybridized carbons (Fsp3) is 0.667. The lowest BCUT2D eigenvalue weighted by Gasteiger charge is -2.14. The topological polar surface area (TPSA) is 63.6 Å². The number of carboxylic acid groups (broad SMARTS) is 1. The molecule has 0 bridgehead atoms. The predicted molar refractivity (Wildman–Crippen MR) is 61.0 cm³/mol. The molecule has 4 heteroatoms. The van der Waals surface area contributed by atoms with E-state index in [4.69, 9.17) is 5.11 Å². The average Bonchev–Trinajstić information content (AvgIpc) is 2.27. The highest BCUT2D eigenvalue weighted by atomic mass is 16.5. The number of carbonyl (C=O) groups excluding carboxylic acids is 1. The van der Waals surface area contributed by atoms with E-state index in [0.29, 0.717) is 0 Å². The molecule has 0 aliphatic rings. The molecule has 0 unspecified atom stereocenters. The number of unbranched alkanes of at least 4 members (excludes halogenated alkanes) is 2. The number of allylic oxidation sites excluding steroid dienone is 1. The largest absolute Gasteiger partial charge is 0.481 e. The van der Waals surface area contributed by atoms with Gasteiger partial charge in [-0.1, -0.05) is 38.8 Å². The minimum Gasteiger partial charge on any atom is -0.481 e. The van der Waals surface area contributed by atoms with Crippen molar-refractivity contribution in [2.24, 2.45) is 11.8 Å². The first-order valence-electron chi connectivity index (χ1n) is 5.51. The van der Waals surface area contributed by atoms with Gasteiger partial charge in [0.15, 0.2) is 0 Å². The molecule has 0 aromatic heterocycles. The van der Waals surface area contributed by atoms with Crippen molar-refractivity contribution in [3.8, 4) is 0 Å². The molecule has 0 aliphatic heterocycles. The van der Waals surface area contributed by atoms with Crippen molar-refractivity contribution in [2.75, 3.05) is 7.11 Å². The maximum Gasteiger partial charge on any atom is 0.313 e. The smallest absolute Gasteiger partial charge is 0.313 e. The molecule has 0 heterocycles. The van der Waals surface area contributed by atoms with Gasteiger partial charge in [0, 0.05) is 0 Å². The van der Waals surface area contributed by atoms with Crippen LogP contribution < -0.4 is 0 Å². The van der Waals surface area contributed by atoms with E-state index in [-0.39, 0.29) is 0 Å². The summed E-state index contributed by atoms with van der Waals surface area (Å²) in [4.78, 5) is 22.2. The van der Waals surface area contributed by atoms with Crippen molar-refractivity contribution in [3.63, 3.8) is 0 Å². The lowest BCUT2D eigenvalue weighted by Crippen LogP contribution is -2.27. The average molecular weight is 228 g/mol. The Kier molecular flexibility index (Phi) is 7.25. The molecule has 0 radical (unpaired) electrons. The van der Waals surface area contributed by atoms with Gasteiger partial charge < -0.3 is 9.84 Å². The van der Waals surface area contributed by atoms with Crippen LogP contribution in [0.4, 0.5) is 0 Å². The van der Waals surface area contributed by atoms with Crippen LogP contribution in [0.1, 0.15) is 33.1 Å². The number of carbonyl (C=O) groups is 2. The van der Waals surface area contributed by atoms with Crippen LogP contribution in [0.25, 0.3) is 0 Å². The first kappa shape index (κ1) is 14.7. The second kappa shape index (κ2) is 7.91. The van der Waals surface area contributed by atoms with E-state index in [2.05, 4.69) is 11.7 Å². The zero-order valence-electron chi connectivity index (χ0n) is 10.1. The van der Waals surface area contributed by atoms with Crippen LogP contribution in [0.15, 0.2) is 12.2 Å². The Morgan fingerprint density at radius 3 is 2.50 bits per heavy atom. The van der Waals surface area contributed by atoms with Crippen LogP contribution in [0.2, 0.25) is 0 Å². The van der Waals surface area contributed by atoms with Crippen LogP contribution in [0, 0.1) is 11.8 Å². The molecule has 1 N–H and O–H groups in total. The molecule has 0 amide bonds. The fourth-order valence-corrected chi connectivity index (χ4v) is 1.30. The normalized spacial score (nSPS) is 14.7. The van der Waals surface area contributed by atoms with Gasteiger partial charge in [0.05, 0.1) is 18.9 Å². The minimum absolute atomic E-state index is 0.498. The second-order valence-electron chi connectivity index (χ2n) is 3.75. The Labute approximate surface area is 96.3 Å². The number of ether oxygens (including phenoxy) is 1. The van der Waals surface area contributed by atoms with Crippen LogP contribution in [0.5, 0.6) is 0 Å². The highest BCUT2D eigenvalue weighted by Gasteiger charge is 2.28. The second-order valence-corrected chi connectivity index (χ2v) is 3.75. The summed E-state index contributed by atoms with van der Waals surface area (Å²) in [5.41, 5.74) is 0. The monoisotopic (exact) mass is 228 g/mol. The van der Waals surface area contributed by atoms with Gasteiger partial charge >= 0.3 is 11.9 Å². The van der Waals surface area contributed by atoms with Crippen LogP contribution in [-0.2, 0) is 14.3 Å². The zero-order chi connectivity index (χ0) is 12.6. The molecule has 0 aromatic rings. The lowest BCUT2D eigenvalue weighted by molar-refractivity contribution is -0.153. The summed E-state index contributed by atoms with van der Waals surface area (Å²) in [6.45, 7) is 3.58. The van der Waals surface area contributed by atoms with Crippen LogP contribution >= 0.6 is 0 Å². The zero-order valence-corrected chi connectivity index (χ0v) is 10.1. The minimum atomic E-state index is -0.990. The Hall–Kier alpha value is -1.32. The summed E-state index contributed by atoms with van der Waals surface area (Å²) in [5, 5.41) is 8.86. The molecule has 0 aromatic carbocycles. The summed E-state index contributed by atoms with van der Waals surface area (Å²) >= 11 is 0. The molecule has 0 fully saturated rings. The standard InChI is InChI=1S/C12H20O4/c1-4-5-6-7-8-10(12(15)16-3)9(2)11(13)14/h7-10H,4-6H2,1-3H3,(H,13,14)/b8-7+/t9-,10+/m1/s1. The molecule has 0 rings (SSSR count). The third-order valence-electron chi connectivity index (χ3n) is 2.47. The number of carboxylic acids is 1. The summed E-state index contributed by atoms with van der Waals surface area (Å²) in [7, 11) is 1.27. The van der Waals surface area contributed by atoms with Gasteiger partial charge in [-0.15, -0.1) is 0 Å².